The van der Waals surface area contributed by atoms with E-state index in [9.17, 15) is 0 Å². The molecule has 0 saturated heterocycles. The first-order chi connectivity index (χ1) is 49.8. The first-order valence-corrected chi connectivity index (χ1v) is 43.6. The van der Waals surface area contributed by atoms with Gasteiger partial charge in [0.25, 0.3) is 0 Å². The van der Waals surface area contributed by atoms with E-state index in [0.29, 0.717) is 44.6 Å². The minimum atomic E-state index is 0. The molecule has 0 spiro atoms. The Bertz CT molecular complexity index is 4200. The summed E-state index contributed by atoms with van der Waals surface area (Å²) >= 11 is 0. The average molecular weight is 1430 g/mol. The van der Waals surface area contributed by atoms with Crippen LogP contribution < -0.4 is 0 Å². The molecule has 0 heterocycles. The Morgan fingerprint density at radius 2 is 0.726 bits per heavy atom. The van der Waals surface area contributed by atoms with E-state index >= 15 is 0 Å². The lowest BCUT2D eigenvalue weighted by molar-refractivity contribution is -0.120. The van der Waals surface area contributed by atoms with Gasteiger partial charge in [0, 0.05) is 34.7 Å². The fraction of sp³-hybridized carbons (Fsp3) is 0.650. The molecule has 3 nitrogen and oxygen atoms in total. The molecule has 18 rings (SSSR count). The van der Waals surface area contributed by atoms with E-state index in [1.165, 1.54) is 192 Å². The Balaban J connectivity index is 0.000000127. The molecule has 9 fully saturated rings. The molecule has 6 aromatic rings. The van der Waals surface area contributed by atoms with Crippen molar-refractivity contribution < 1.29 is 0 Å². The van der Waals surface area contributed by atoms with Crippen molar-refractivity contribution in [3.8, 4) is 0 Å². The van der Waals surface area contributed by atoms with Crippen LogP contribution in [0, 0.1) is 91.7 Å². The Labute approximate surface area is 646 Å². The van der Waals surface area contributed by atoms with E-state index in [1.54, 1.807) is 22.3 Å². The summed E-state index contributed by atoms with van der Waals surface area (Å²) in [5.74, 6) is 10.5. The Hall–Kier alpha value is -4.80. The van der Waals surface area contributed by atoms with Crippen molar-refractivity contribution in [2.45, 2.75) is 312 Å². The predicted molar refractivity (Wildman–Crippen MR) is 456 cm³/mol. The summed E-state index contributed by atoms with van der Waals surface area (Å²) < 4.78 is 0. The normalized spacial score (nSPS) is 38.8. The Morgan fingerprint density at radius 1 is 0.330 bits per heavy atom. The molecule has 21 atom stereocenters. The van der Waals surface area contributed by atoms with Crippen LogP contribution in [0.15, 0.2) is 157 Å². The molecule has 9 saturated carbocycles. The van der Waals surface area contributed by atoms with Gasteiger partial charge in [0.1, 0.15) is 0 Å². The van der Waals surface area contributed by atoms with Crippen molar-refractivity contribution in [1.29, 1.82) is 0 Å². The van der Waals surface area contributed by atoms with Crippen molar-refractivity contribution in [2.75, 3.05) is 21.1 Å². The van der Waals surface area contributed by atoms with Gasteiger partial charge in [-0.15, -0.1) is 0 Å². The quantitative estimate of drug-likeness (QED) is 0.154. The topological polar surface area (TPSA) is 9.72 Å². The Kier molecular flexibility index (Phi) is 20.3. The fourth-order valence-electron chi connectivity index (χ4n) is 28.5. The van der Waals surface area contributed by atoms with Crippen molar-refractivity contribution in [3.63, 3.8) is 0 Å². The van der Waals surface area contributed by atoms with Gasteiger partial charge in [-0.25, -0.2) is 0 Å². The van der Waals surface area contributed by atoms with Crippen LogP contribution in [0.25, 0.3) is 37.9 Å². The van der Waals surface area contributed by atoms with E-state index in [0.717, 1.165) is 77.1 Å². The second kappa shape index (κ2) is 28.1. The molecule has 0 radical (unpaired) electrons. The van der Waals surface area contributed by atoms with Crippen LogP contribution in [-0.2, 0) is 0 Å². The second-order valence-corrected chi connectivity index (χ2v) is 42.7. The zero-order valence-electron chi connectivity index (χ0n) is 69.3. The van der Waals surface area contributed by atoms with Crippen LogP contribution >= 0.6 is 0 Å². The molecule has 0 aromatic heterocycles. The van der Waals surface area contributed by atoms with Crippen molar-refractivity contribution in [3.05, 3.63) is 173 Å². The van der Waals surface area contributed by atoms with Crippen LogP contribution in [0.4, 0.5) is 0 Å². The summed E-state index contributed by atoms with van der Waals surface area (Å²) in [7, 11) is 7.09. The minimum absolute atomic E-state index is 0. The molecular formula is C103H145N3. The molecule has 12 aliphatic rings. The van der Waals surface area contributed by atoms with Crippen molar-refractivity contribution in [1.82, 2.24) is 14.7 Å². The van der Waals surface area contributed by atoms with E-state index < -0.39 is 0 Å². The molecular weight excluding hydrogens is 1280 g/mol. The van der Waals surface area contributed by atoms with Gasteiger partial charge in [0.15, 0.2) is 0 Å². The van der Waals surface area contributed by atoms with Gasteiger partial charge in [0.05, 0.1) is 0 Å². The van der Waals surface area contributed by atoms with Gasteiger partial charge in [-0.2, -0.15) is 0 Å². The number of rotatable bonds is 6. The molecule has 12 aliphatic carbocycles. The van der Waals surface area contributed by atoms with Crippen LogP contribution in [0.1, 0.15) is 294 Å². The number of hydrogen-bond donors (Lipinski definition) is 0. The number of allylic oxidation sites excluding steroid dienone is 4. The molecule has 572 valence electrons. The van der Waals surface area contributed by atoms with E-state index in [2.05, 4.69) is 285 Å². The first kappa shape index (κ1) is 76.6. The smallest absolute Gasteiger partial charge is 0.0135 e. The fourth-order valence-corrected chi connectivity index (χ4v) is 28.5. The average Bonchev–Trinajstić information content (AvgIpc) is 1.43. The number of fused-ring (bicyclic) bond motifs is 18. The van der Waals surface area contributed by atoms with Crippen LogP contribution in [-0.4, -0.2) is 70.6 Å². The van der Waals surface area contributed by atoms with Crippen molar-refractivity contribution in [2.24, 2.45) is 91.7 Å². The lowest BCUT2D eigenvalue weighted by Crippen LogP contribution is -2.56. The lowest BCUT2D eigenvalue weighted by Gasteiger charge is -2.62. The van der Waals surface area contributed by atoms with E-state index in [1.807, 2.05) is 5.57 Å². The van der Waals surface area contributed by atoms with E-state index in [4.69, 9.17) is 0 Å². The summed E-state index contributed by atoms with van der Waals surface area (Å²) in [5.41, 5.74) is 13.5. The molecule has 0 bridgehead atoms. The molecule has 0 unspecified atom stereocenters. The zero-order chi connectivity index (χ0) is 73.8. The molecule has 0 amide bonds. The van der Waals surface area contributed by atoms with Gasteiger partial charge in [-0.3, -0.25) is 14.7 Å². The van der Waals surface area contributed by atoms with Gasteiger partial charge in [0.2, 0.25) is 0 Å². The highest BCUT2D eigenvalue weighted by molar-refractivity contribution is 5.88. The third kappa shape index (κ3) is 13.0. The summed E-state index contributed by atoms with van der Waals surface area (Å²) in [6, 6.07) is 50.8. The highest BCUT2D eigenvalue weighted by Crippen LogP contribution is 2.72. The number of nitrogens with zero attached hydrogens (tertiary/aromatic N) is 3. The third-order valence-electron chi connectivity index (χ3n) is 35.6. The standard InChI is InChI=1S/C34H49N.C34H47N.C34H45N.CH4/c3*1-32(2,3)35(6)27-17-19-33(4)26(22-27)13-14-28-30-16-15-29(34(30,5)20-18-31(28)33)25-12-11-23-9-7-8-10-24(23)21-25;/h7-12,21,26-31H,13-20,22H2,1-6H3;7-13,21,27-31H,14-20,22H2,1-6H3;7-13,15,21,27-28,30-31H,14,16-20,22H2,1-6H3;1H4/t26-,27-,28-,29+,30-,31-,33-,34+;27-,28-,29+,30-,31-,33-,34+;27-,28-,30-,31-,33-,34+;/m000./s1. The van der Waals surface area contributed by atoms with Crippen LogP contribution in [0.3, 0.4) is 0 Å². The Morgan fingerprint density at radius 3 is 1.23 bits per heavy atom. The maximum atomic E-state index is 2.75. The lowest BCUT2D eigenvalue weighted by atomic mass is 9.44. The van der Waals surface area contributed by atoms with Gasteiger partial charge >= 0.3 is 0 Å². The number of benzene rings is 6. The third-order valence-corrected chi connectivity index (χ3v) is 35.6. The van der Waals surface area contributed by atoms with Gasteiger partial charge in [-0.1, -0.05) is 200 Å². The number of hydrogen-bond acceptors (Lipinski definition) is 3. The van der Waals surface area contributed by atoms with Crippen LogP contribution in [0.5, 0.6) is 0 Å². The summed E-state index contributed by atoms with van der Waals surface area (Å²) in [5, 5.41) is 8.34. The monoisotopic (exact) mass is 1420 g/mol. The van der Waals surface area contributed by atoms with Crippen LogP contribution in [0.2, 0.25) is 0 Å². The molecule has 3 heteroatoms. The summed E-state index contributed by atoms with van der Waals surface area (Å²) in [4.78, 5) is 8.00. The highest BCUT2D eigenvalue weighted by atomic mass is 15.2. The molecule has 0 aliphatic heterocycles. The SMILES string of the molecule is C.CN([C@H]1CC[C@@]2(C)C(=CC[C@@H]3[C@@H]2CC[C@]2(C)C(c4ccc5ccccc5c4)=CC[C@@H]32)C1)C(C)(C)C.CN([C@H]1CC[C@@]2(C)C(=CC[C@H]3[C@@H]4CC[C@H](c5ccc6ccccc6c5)[C@@]4(C)CC[C@@H]32)C1)C(C)(C)C.CN([C@H]1CC[C@@]2(C)[C@@H](CC[C@@H]3[C@@H]2CC[C@]2(C)[C@@H](c4ccc5ccccc5c4)CC[C@@H]32)C1)C(C)(C)C. The van der Waals surface area contributed by atoms with Gasteiger partial charge < -0.3 is 0 Å². The second-order valence-electron chi connectivity index (χ2n) is 42.7. The zero-order valence-corrected chi connectivity index (χ0v) is 69.3. The maximum Gasteiger partial charge on any atom is 0.0135 e. The largest absolute Gasteiger partial charge is 0.299 e. The maximum absolute atomic E-state index is 2.75. The van der Waals surface area contributed by atoms with E-state index in [-0.39, 0.29) is 24.0 Å². The molecule has 0 N–H and O–H groups in total. The molecule has 6 aromatic carbocycles. The van der Waals surface area contributed by atoms with Gasteiger partial charge in [-0.05, 0) is 402 Å². The predicted octanol–water partition coefficient (Wildman–Crippen LogP) is 27.6. The van der Waals surface area contributed by atoms with Crippen molar-refractivity contribution >= 4 is 37.9 Å². The molecule has 106 heavy (non-hydrogen) atoms. The minimum Gasteiger partial charge on any atom is -0.299 e. The highest BCUT2D eigenvalue weighted by Gasteiger charge is 2.63. The summed E-state index contributed by atoms with van der Waals surface area (Å²) in [6.45, 7) is 37.5. The summed E-state index contributed by atoms with van der Waals surface area (Å²) in [6.07, 6.45) is 41.6. The first-order valence-electron chi connectivity index (χ1n) is 43.6.